The Morgan fingerprint density at radius 2 is 2.08 bits per heavy atom. The van der Waals surface area contributed by atoms with Gasteiger partial charge in [-0.2, -0.15) is 0 Å². The molecule has 2 aliphatic rings. The van der Waals surface area contributed by atoms with Crippen molar-refractivity contribution in [3.63, 3.8) is 0 Å². The van der Waals surface area contributed by atoms with Crippen molar-refractivity contribution in [1.29, 1.82) is 0 Å². The minimum Gasteiger partial charge on any atom is -0.466 e. The average molecular weight is 169 g/mol. The molecule has 2 fully saturated rings. The molecule has 1 saturated carbocycles. The first-order valence-corrected chi connectivity index (χ1v) is 4.59. The number of rotatable bonds is 2. The first-order valence-electron chi connectivity index (χ1n) is 4.59. The van der Waals surface area contributed by atoms with Gasteiger partial charge < -0.3 is 9.64 Å². The Labute approximate surface area is 72.7 Å². The number of esters is 1. The number of fused-ring (bicyclic) bond motifs is 1. The monoisotopic (exact) mass is 169 g/mol. The number of carbonyl (C=O) groups excluding carboxylic acids is 1. The molecule has 3 nitrogen and oxygen atoms in total. The second kappa shape index (κ2) is 2.73. The predicted molar refractivity (Wildman–Crippen MR) is 44.6 cm³/mol. The van der Waals surface area contributed by atoms with Crippen molar-refractivity contribution < 1.29 is 9.53 Å². The maximum Gasteiger partial charge on any atom is 0.309 e. The van der Waals surface area contributed by atoms with Gasteiger partial charge in [0, 0.05) is 13.1 Å². The van der Waals surface area contributed by atoms with Crippen molar-refractivity contribution in [3.8, 4) is 0 Å². The Morgan fingerprint density at radius 1 is 1.50 bits per heavy atom. The van der Waals surface area contributed by atoms with Gasteiger partial charge in [0.25, 0.3) is 0 Å². The molecular weight excluding hydrogens is 154 g/mol. The Hall–Kier alpha value is -0.570. The number of piperidine rings is 1. The van der Waals surface area contributed by atoms with Crippen LogP contribution in [0.3, 0.4) is 0 Å². The van der Waals surface area contributed by atoms with Crippen LogP contribution in [0.2, 0.25) is 0 Å². The van der Waals surface area contributed by atoms with E-state index in [-0.39, 0.29) is 11.9 Å². The Balaban J connectivity index is 1.85. The van der Waals surface area contributed by atoms with Crippen LogP contribution in [0.4, 0.5) is 0 Å². The molecule has 1 aliphatic heterocycles. The van der Waals surface area contributed by atoms with Crippen molar-refractivity contribution in [2.45, 2.75) is 6.92 Å². The van der Waals surface area contributed by atoms with Gasteiger partial charge in [-0.1, -0.05) is 0 Å². The molecule has 0 aromatic heterocycles. The number of hydrogen-bond acceptors (Lipinski definition) is 3. The summed E-state index contributed by atoms with van der Waals surface area (Å²) in [6.45, 7) is 4.54. The van der Waals surface area contributed by atoms with Crippen molar-refractivity contribution in [2.24, 2.45) is 17.8 Å². The molecule has 0 spiro atoms. The highest BCUT2D eigenvalue weighted by Gasteiger charge is 2.59. The number of nitrogens with zero attached hydrogens (tertiary/aromatic N) is 1. The highest BCUT2D eigenvalue weighted by atomic mass is 16.5. The van der Waals surface area contributed by atoms with Crippen LogP contribution < -0.4 is 0 Å². The number of likely N-dealkylation sites (tertiary alicyclic amines) is 1. The second-order valence-electron chi connectivity index (χ2n) is 3.83. The van der Waals surface area contributed by atoms with Gasteiger partial charge in [0.15, 0.2) is 0 Å². The lowest BCUT2D eigenvalue weighted by atomic mass is 10.3. The van der Waals surface area contributed by atoms with Gasteiger partial charge in [0.2, 0.25) is 0 Å². The molecule has 0 aromatic rings. The van der Waals surface area contributed by atoms with Crippen LogP contribution in [0, 0.1) is 17.8 Å². The number of ether oxygens (including phenoxy) is 1. The third-order valence-corrected chi connectivity index (χ3v) is 2.94. The average Bonchev–Trinajstić information content (AvgIpc) is 2.51. The predicted octanol–water partition coefficient (Wildman–Crippen LogP) is 0.357. The van der Waals surface area contributed by atoms with Crippen LogP contribution >= 0.6 is 0 Å². The van der Waals surface area contributed by atoms with E-state index >= 15 is 0 Å². The van der Waals surface area contributed by atoms with Gasteiger partial charge >= 0.3 is 5.97 Å². The number of carbonyl (C=O) groups is 1. The molecule has 3 atom stereocenters. The van der Waals surface area contributed by atoms with Gasteiger partial charge in [0.1, 0.15) is 0 Å². The summed E-state index contributed by atoms with van der Waals surface area (Å²) in [5.74, 6) is 1.48. The van der Waals surface area contributed by atoms with Gasteiger partial charge in [-0.25, -0.2) is 0 Å². The zero-order valence-electron chi connectivity index (χ0n) is 7.62. The lowest BCUT2D eigenvalue weighted by Crippen LogP contribution is -2.22. The third-order valence-electron chi connectivity index (χ3n) is 2.94. The van der Waals surface area contributed by atoms with Gasteiger partial charge in [0.05, 0.1) is 12.5 Å². The molecular formula is C9H15NO2. The van der Waals surface area contributed by atoms with Crippen LogP contribution in [-0.2, 0) is 9.53 Å². The molecule has 0 radical (unpaired) electrons. The maximum atomic E-state index is 11.3. The Morgan fingerprint density at radius 3 is 2.58 bits per heavy atom. The second-order valence-corrected chi connectivity index (χ2v) is 3.83. The molecule has 1 saturated heterocycles. The molecule has 0 amide bonds. The summed E-state index contributed by atoms with van der Waals surface area (Å²) in [5.41, 5.74) is 0. The highest BCUT2D eigenvalue weighted by Crippen LogP contribution is 2.51. The Bertz CT molecular complexity index is 193. The fourth-order valence-electron chi connectivity index (χ4n) is 2.33. The van der Waals surface area contributed by atoms with E-state index in [4.69, 9.17) is 4.74 Å². The maximum absolute atomic E-state index is 11.3. The van der Waals surface area contributed by atoms with E-state index in [0.717, 1.165) is 13.1 Å². The minimum atomic E-state index is 0.0283. The lowest BCUT2D eigenvalue weighted by molar-refractivity contribution is -0.145. The zero-order valence-corrected chi connectivity index (χ0v) is 7.62. The molecule has 3 heteroatoms. The van der Waals surface area contributed by atoms with Gasteiger partial charge in [-0.15, -0.1) is 0 Å². The first-order chi connectivity index (χ1) is 5.74. The SMILES string of the molecule is CCOC(=O)C1C2CN(C)C[C@@H]21. The van der Waals surface area contributed by atoms with E-state index in [1.54, 1.807) is 0 Å². The Kier molecular flexibility index (Phi) is 1.83. The van der Waals surface area contributed by atoms with E-state index in [1.807, 2.05) is 6.92 Å². The van der Waals surface area contributed by atoms with E-state index in [1.165, 1.54) is 0 Å². The summed E-state index contributed by atoms with van der Waals surface area (Å²) in [6.07, 6.45) is 0. The molecule has 1 aliphatic carbocycles. The van der Waals surface area contributed by atoms with Crippen LogP contribution in [-0.4, -0.2) is 37.6 Å². The summed E-state index contributed by atoms with van der Waals surface area (Å²) in [4.78, 5) is 13.6. The molecule has 0 bridgehead atoms. The molecule has 1 heterocycles. The molecule has 2 rings (SSSR count). The molecule has 2 unspecified atom stereocenters. The third kappa shape index (κ3) is 1.12. The van der Waals surface area contributed by atoms with Crippen molar-refractivity contribution in [1.82, 2.24) is 4.90 Å². The summed E-state index contributed by atoms with van der Waals surface area (Å²) < 4.78 is 4.98. The molecule has 0 N–H and O–H groups in total. The first kappa shape index (κ1) is 8.05. The fourth-order valence-corrected chi connectivity index (χ4v) is 2.33. The van der Waals surface area contributed by atoms with Crippen LogP contribution in [0.25, 0.3) is 0 Å². The summed E-state index contributed by atoms with van der Waals surface area (Å²) >= 11 is 0. The van der Waals surface area contributed by atoms with Crippen molar-refractivity contribution in [3.05, 3.63) is 0 Å². The fraction of sp³-hybridized carbons (Fsp3) is 0.889. The van der Waals surface area contributed by atoms with E-state index in [2.05, 4.69) is 11.9 Å². The van der Waals surface area contributed by atoms with Crippen molar-refractivity contribution in [2.75, 3.05) is 26.7 Å². The summed E-state index contributed by atoms with van der Waals surface area (Å²) in [5, 5.41) is 0. The van der Waals surface area contributed by atoms with Crippen LogP contribution in [0.5, 0.6) is 0 Å². The molecule has 68 valence electrons. The smallest absolute Gasteiger partial charge is 0.309 e. The van der Waals surface area contributed by atoms with E-state index < -0.39 is 0 Å². The van der Waals surface area contributed by atoms with E-state index in [9.17, 15) is 4.79 Å². The quantitative estimate of drug-likeness (QED) is 0.559. The largest absolute Gasteiger partial charge is 0.466 e. The van der Waals surface area contributed by atoms with Crippen molar-refractivity contribution >= 4 is 5.97 Å². The summed E-state index contributed by atoms with van der Waals surface area (Å²) in [6, 6.07) is 0. The zero-order chi connectivity index (χ0) is 8.72. The minimum absolute atomic E-state index is 0.0283. The summed E-state index contributed by atoms with van der Waals surface area (Å²) in [7, 11) is 2.11. The lowest BCUT2D eigenvalue weighted by Gasteiger charge is -2.11. The van der Waals surface area contributed by atoms with Gasteiger partial charge in [-0.3, -0.25) is 4.79 Å². The highest BCUT2D eigenvalue weighted by molar-refractivity contribution is 5.77. The molecule has 12 heavy (non-hydrogen) atoms. The van der Waals surface area contributed by atoms with Crippen LogP contribution in [0.1, 0.15) is 6.92 Å². The standard InChI is InChI=1S/C9H15NO2/c1-3-12-9(11)8-6-4-10(2)5-7(6)8/h6-8H,3-5H2,1-2H3/t6-,7?,8?/m0/s1. The normalized spacial score (nSPS) is 39.3. The van der Waals surface area contributed by atoms with Crippen LogP contribution in [0.15, 0.2) is 0 Å². The van der Waals surface area contributed by atoms with E-state index in [0.29, 0.717) is 18.4 Å². The van der Waals surface area contributed by atoms with Gasteiger partial charge in [-0.05, 0) is 25.8 Å². The molecule has 0 aromatic carbocycles. The topological polar surface area (TPSA) is 29.5 Å². The number of hydrogen-bond donors (Lipinski definition) is 0.